The summed E-state index contributed by atoms with van der Waals surface area (Å²) >= 11 is 0. The second kappa shape index (κ2) is 6.42. The van der Waals surface area contributed by atoms with E-state index in [1.807, 2.05) is 18.2 Å². The van der Waals surface area contributed by atoms with Crippen molar-refractivity contribution in [3.8, 4) is 6.07 Å². The number of fused-ring (bicyclic) bond motifs is 1. The molecule has 0 fully saturated rings. The molecular weight excluding hydrogens is 276 g/mol. The molecule has 1 aliphatic heterocycles. The van der Waals surface area contributed by atoms with Crippen molar-refractivity contribution in [2.24, 2.45) is 0 Å². The van der Waals surface area contributed by atoms with Gasteiger partial charge >= 0.3 is 0 Å². The number of nitrogens with zero attached hydrogens (tertiary/aromatic N) is 1. The third-order valence-corrected chi connectivity index (χ3v) is 3.78. The van der Waals surface area contributed by atoms with Crippen molar-refractivity contribution >= 4 is 5.91 Å². The van der Waals surface area contributed by atoms with E-state index in [9.17, 15) is 4.79 Å². The van der Waals surface area contributed by atoms with Crippen LogP contribution >= 0.6 is 0 Å². The number of amides is 1. The van der Waals surface area contributed by atoms with E-state index in [-0.39, 0.29) is 12.0 Å². The molecular formula is C18H16N2O2. The second-order valence-electron chi connectivity index (χ2n) is 5.31. The lowest BCUT2D eigenvalue weighted by Gasteiger charge is -2.25. The molecule has 1 aliphatic rings. The Morgan fingerprint density at radius 3 is 2.86 bits per heavy atom. The Kier molecular flexibility index (Phi) is 4.17. The van der Waals surface area contributed by atoms with Crippen LogP contribution in [0.2, 0.25) is 0 Å². The monoisotopic (exact) mass is 292 g/mol. The number of hydrogen-bond acceptors (Lipinski definition) is 3. The molecule has 1 amide bonds. The van der Waals surface area contributed by atoms with Crippen molar-refractivity contribution < 1.29 is 9.53 Å². The Hall–Kier alpha value is -2.64. The van der Waals surface area contributed by atoms with Gasteiger partial charge in [-0.05, 0) is 29.3 Å². The largest absolute Gasteiger partial charge is 0.371 e. The number of nitrogens with one attached hydrogen (secondary N) is 1. The van der Waals surface area contributed by atoms with Crippen molar-refractivity contribution in [2.45, 2.75) is 19.1 Å². The molecule has 0 radical (unpaired) electrons. The highest BCUT2D eigenvalue weighted by Gasteiger charge is 2.19. The maximum absolute atomic E-state index is 12.1. The van der Waals surface area contributed by atoms with Gasteiger partial charge in [-0.3, -0.25) is 4.79 Å². The first-order valence-electron chi connectivity index (χ1n) is 7.23. The molecule has 0 aliphatic carbocycles. The standard InChI is InChI=1S/C18H16N2O2/c19-10-13-4-3-7-15(8-13)18(21)20-11-17-9-14-5-1-2-6-16(14)12-22-17/h1-8,17H,9,11-12H2,(H,20,21). The molecule has 1 unspecified atom stereocenters. The lowest BCUT2D eigenvalue weighted by atomic mass is 9.99. The van der Waals surface area contributed by atoms with Crippen LogP contribution in [0.3, 0.4) is 0 Å². The van der Waals surface area contributed by atoms with Crippen molar-refractivity contribution in [1.29, 1.82) is 5.26 Å². The van der Waals surface area contributed by atoms with Crippen LogP contribution in [-0.4, -0.2) is 18.6 Å². The SMILES string of the molecule is N#Cc1cccc(C(=O)NCC2Cc3ccccc3CO2)c1. The number of carbonyl (C=O) groups is 1. The molecule has 0 saturated heterocycles. The van der Waals surface area contributed by atoms with Gasteiger partial charge in [0.1, 0.15) is 0 Å². The summed E-state index contributed by atoms with van der Waals surface area (Å²) < 4.78 is 5.77. The average molecular weight is 292 g/mol. The Morgan fingerprint density at radius 1 is 1.23 bits per heavy atom. The molecule has 2 aromatic carbocycles. The molecule has 22 heavy (non-hydrogen) atoms. The molecule has 4 heteroatoms. The number of ether oxygens (including phenoxy) is 1. The van der Waals surface area contributed by atoms with Gasteiger partial charge in [0.2, 0.25) is 0 Å². The highest BCUT2D eigenvalue weighted by molar-refractivity contribution is 5.94. The maximum atomic E-state index is 12.1. The highest BCUT2D eigenvalue weighted by Crippen LogP contribution is 2.19. The summed E-state index contributed by atoms with van der Waals surface area (Å²) in [6.45, 7) is 1.05. The zero-order valence-electron chi connectivity index (χ0n) is 12.1. The van der Waals surface area contributed by atoms with Crippen LogP contribution in [0.1, 0.15) is 27.0 Å². The Balaban J connectivity index is 1.59. The van der Waals surface area contributed by atoms with E-state index in [0.29, 0.717) is 24.3 Å². The Bertz CT molecular complexity index is 734. The van der Waals surface area contributed by atoms with Crippen molar-refractivity contribution in [3.63, 3.8) is 0 Å². The summed E-state index contributed by atoms with van der Waals surface area (Å²) in [5.41, 5.74) is 3.47. The fourth-order valence-electron chi connectivity index (χ4n) is 2.58. The molecule has 1 heterocycles. The van der Waals surface area contributed by atoms with E-state index >= 15 is 0 Å². The van der Waals surface area contributed by atoms with Gasteiger partial charge in [-0.1, -0.05) is 30.3 Å². The zero-order chi connectivity index (χ0) is 15.4. The summed E-state index contributed by atoms with van der Waals surface area (Å²) in [5.74, 6) is -0.181. The zero-order valence-corrected chi connectivity index (χ0v) is 12.1. The van der Waals surface area contributed by atoms with Gasteiger partial charge in [-0.2, -0.15) is 5.26 Å². The van der Waals surface area contributed by atoms with Crippen LogP contribution in [0, 0.1) is 11.3 Å². The van der Waals surface area contributed by atoms with Gasteiger partial charge < -0.3 is 10.1 Å². The lowest BCUT2D eigenvalue weighted by Crippen LogP contribution is -2.36. The number of rotatable bonds is 3. The smallest absolute Gasteiger partial charge is 0.251 e. The molecule has 0 bridgehead atoms. The quantitative estimate of drug-likeness (QED) is 0.945. The first-order chi connectivity index (χ1) is 10.8. The van der Waals surface area contributed by atoms with E-state index in [2.05, 4.69) is 17.4 Å². The normalized spacial score (nSPS) is 16.4. The van der Waals surface area contributed by atoms with E-state index in [4.69, 9.17) is 10.00 Å². The van der Waals surface area contributed by atoms with Gasteiger partial charge in [-0.15, -0.1) is 0 Å². The van der Waals surface area contributed by atoms with Gasteiger partial charge in [0.15, 0.2) is 0 Å². The van der Waals surface area contributed by atoms with Gasteiger partial charge in [0.05, 0.1) is 24.3 Å². The fourth-order valence-corrected chi connectivity index (χ4v) is 2.58. The average Bonchev–Trinajstić information content (AvgIpc) is 2.59. The summed E-state index contributed by atoms with van der Waals surface area (Å²) in [4.78, 5) is 12.1. The summed E-state index contributed by atoms with van der Waals surface area (Å²) in [6.07, 6.45) is 0.785. The first kappa shape index (κ1) is 14.3. The summed E-state index contributed by atoms with van der Waals surface area (Å²) in [6, 6.07) is 16.9. The molecule has 0 saturated carbocycles. The van der Waals surface area contributed by atoms with E-state index in [1.54, 1.807) is 24.3 Å². The molecule has 110 valence electrons. The maximum Gasteiger partial charge on any atom is 0.251 e. The highest BCUT2D eigenvalue weighted by atomic mass is 16.5. The minimum atomic E-state index is -0.181. The van der Waals surface area contributed by atoms with Crippen molar-refractivity contribution in [3.05, 3.63) is 70.8 Å². The van der Waals surface area contributed by atoms with Gasteiger partial charge in [-0.25, -0.2) is 0 Å². The van der Waals surface area contributed by atoms with E-state index in [1.165, 1.54) is 11.1 Å². The number of carbonyl (C=O) groups excluding carboxylic acids is 1. The number of hydrogen-bond donors (Lipinski definition) is 1. The van der Waals surface area contributed by atoms with Crippen LogP contribution in [-0.2, 0) is 17.8 Å². The minimum Gasteiger partial charge on any atom is -0.371 e. The van der Waals surface area contributed by atoms with E-state index in [0.717, 1.165) is 6.42 Å². The minimum absolute atomic E-state index is 0.0157. The third kappa shape index (κ3) is 3.16. The third-order valence-electron chi connectivity index (χ3n) is 3.78. The molecule has 2 aromatic rings. The van der Waals surface area contributed by atoms with Crippen LogP contribution in [0.15, 0.2) is 48.5 Å². The summed E-state index contributed by atoms with van der Waals surface area (Å²) in [7, 11) is 0. The fraction of sp³-hybridized carbons (Fsp3) is 0.222. The molecule has 0 spiro atoms. The number of benzene rings is 2. The van der Waals surface area contributed by atoms with Crippen LogP contribution in [0.4, 0.5) is 0 Å². The van der Waals surface area contributed by atoms with Crippen LogP contribution < -0.4 is 5.32 Å². The Morgan fingerprint density at radius 2 is 2.05 bits per heavy atom. The second-order valence-corrected chi connectivity index (χ2v) is 5.31. The molecule has 1 N–H and O–H groups in total. The van der Waals surface area contributed by atoms with Crippen LogP contribution in [0.25, 0.3) is 0 Å². The molecule has 3 rings (SSSR count). The lowest BCUT2D eigenvalue weighted by molar-refractivity contribution is 0.0285. The van der Waals surface area contributed by atoms with Crippen molar-refractivity contribution in [2.75, 3.05) is 6.54 Å². The Labute approximate surface area is 129 Å². The summed E-state index contributed by atoms with van der Waals surface area (Å²) in [5, 5.41) is 11.7. The number of nitriles is 1. The molecule has 4 nitrogen and oxygen atoms in total. The van der Waals surface area contributed by atoms with Crippen molar-refractivity contribution in [1.82, 2.24) is 5.32 Å². The predicted molar refractivity (Wildman–Crippen MR) is 82.2 cm³/mol. The topological polar surface area (TPSA) is 62.1 Å². The van der Waals surface area contributed by atoms with Crippen LogP contribution in [0.5, 0.6) is 0 Å². The predicted octanol–water partition coefficient (Wildman–Crippen LogP) is 2.43. The molecule has 0 aromatic heterocycles. The first-order valence-corrected chi connectivity index (χ1v) is 7.23. The van der Waals surface area contributed by atoms with Gasteiger partial charge in [0.25, 0.3) is 5.91 Å². The van der Waals surface area contributed by atoms with E-state index < -0.39 is 0 Å². The van der Waals surface area contributed by atoms with Gasteiger partial charge in [0, 0.05) is 18.5 Å². The molecule has 1 atom stereocenters.